The Kier molecular flexibility index (Phi) is 3.15. The Morgan fingerprint density at radius 3 is 2.72 bits per heavy atom. The predicted molar refractivity (Wildman–Crippen MR) is 67.7 cm³/mol. The molecular formula is C9H8N6O2S. The predicted octanol–water partition coefficient (Wildman–Crippen LogP) is 2.98. The van der Waals surface area contributed by atoms with Crippen molar-refractivity contribution in [3.63, 3.8) is 0 Å². The van der Waals surface area contributed by atoms with E-state index in [1.807, 2.05) is 0 Å². The molecule has 4 N–H and O–H groups in total. The summed E-state index contributed by atoms with van der Waals surface area (Å²) in [5.74, 6) is 0.259. The van der Waals surface area contributed by atoms with E-state index in [0.29, 0.717) is 16.0 Å². The second-order valence-corrected chi connectivity index (χ2v) is 3.73. The third kappa shape index (κ3) is 2.40. The van der Waals surface area contributed by atoms with Gasteiger partial charge in [0, 0.05) is 12.1 Å². The van der Waals surface area contributed by atoms with E-state index in [2.05, 4.69) is 20.4 Å². The van der Waals surface area contributed by atoms with Gasteiger partial charge in [-0.2, -0.15) is 5.11 Å². The lowest BCUT2D eigenvalue weighted by Crippen LogP contribution is -1.85. The Balaban J connectivity index is 2.32. The van der Waals surface area contributed by atoms with E-state index >= 15 is 0 Å². The van der Waals surface area contributed by atoms with Gasteiger partial charge in [0.05, 0.1) is 10.6 Å². The summed E-state index contributed by atoms with van der Waals surface area (Å²) in [6, 6.07) is 5.79. The van der Waals surface area contributed by atoms with Crippen LogP contribution in [0.25, 0.3) is 0 Å². The van der Waals surface area contributed by atoms with Crippen LogP contribution in [0.2, 0.25) is 0 Å². The fourth-order valence-corrected chi connectivity index (χ4v) is 1.44. The fraction of sp³-hybridized carbons (Fsp3) is 0. The molecule has 0 aliphatic carbocycles. The maximum atomic E-state index is 10.6. The third-order valence-electron chi connectivity index (χ3n) is 2.09. The fourth-order valence-electron chi connectivity index (χ4n) is 1.24. The van der Waals surface area contributed by atoms with Crippen molar-refractivity contribution in [3.05, 3.63) is 39.0 Å². The Hall–Kier alpha value is -2.55. The number of nitro groups is 1. The molecule has 0 spiro atoms. The highest BCUT2D eigenvalue weighted by atomic mass is 32.1. The SMILES string of the molecule is Nc1[nH][nH]c(=S)c1N=Nc1cccc([N+](=O)[O-])c1. The minimum Gasteiger partial charge on any atom is -0.382 e. The zero-order chi connectivity index (χ0) is 13.1. The molecule has 0 radical (unpaired) electrons. The van der Waals surface area contributed by atoms with Crippen LogP contribution in [0, 0.1) is 14.8 Å². The van der Waals surface area contributed by atoms with Gasteiger partial charge in [0.25, 0.3) is 5.69 Å². The highest BCUT2D eigenvalue weighted by molar-refractivity contribution is 7.71. The molecule has 0 fully saturated rings. The first-order valence-corrected chi connectivity index (χ1v) is 5.21. The number of aromatic amines is 2. The maximum absolute atomic E-state index is 10.6. The number of aromatic nitrogens is 2. The van der Waals surface area contributed by atoms with Crippen molar-refractivity contribution < 1.29 is 4.92 Å². The Labute approximate surface area is 106 Å². The molecule has 0 saturated heterocycles. The topological polar surface area (TPSA) is 125 Å². The van der Waals surface area contributed by atoms with Crippen LogP contribution in [0.3, 0.4) is 0 Å². The lowest BCUT2D eigenvalue weighted by molar-refractivity contribution is -0.384. The molecule has 0 saturated carbocycles. The van der Waals surface area contributed by atoms with Crippen LogP contribution in [0.15, 0.2) is 34.5 Å². The van der Waals surface area contributed by atoms with E-state index in [0.717, 1.165) is 0 Å². The molecule has 0 aliphatic heterocycles. The maximum Gasteiger partial charge on any atom is 0.271 e. The van der Waals surface area contributed by atoms with Gasteiger partial charge in [-0.1, -0.05) is 18.3 Å². The molecule has 0 bridgehead atoms. The number of rotatable bonds is 3. The van der Waals surface area contributed by atoms with Crippen LogP contribution < -0.4 is 5.73 Å². The smallest absolute Gasteiger partial charge is 0.271 e. The largest absolute Gasteiger partial charge is 0.382 e. The first-order valence-electron chi connectivity index (χ1n) is 4.80. The Morgan fingerprint density at radius 1 is 1.33 bits per heavy atom. The number of H-pyrrole nitrogens is 2. The van der Waals surface area contributed by atoms with Gasteiger partial charge in [-0.25, -0.2) is 0 Å². The molecule has 18 heavy (non-hydrogen) atoms. The van der Waals surface area contributed by atoms with Crippen LogP contribution in [0.4, 0.5) is 22.9 Å². The zero-order valence-corrected chi connectivity index (χ0v) is 9.77. The number of nitrogen functional groups attached to an aromatic ring is 1. The standard InChI is InChI=1S/C9H8N6O2S/c10-8-7(9(18)14-13-8)12-11-5-2-1-3-6(4-5)15(16)17/h1-4H,(H4,10,13,14,18). The van der Waals surface area contributed by atoms with Crippen LogP contribution in [0.1, 0.15) is 0 Å². The van der Waals surface area contributed by atoms with Crippen LogP contribution in [0.5, 0.6) is 0 Å². The molecule has 1 heterocycles. The quantitative estimate of drug-likeness (QED) is 0.341. The van der Waals surface area contributed by atoms with E-state index < -0.39 is 4.92 Å². The molecule has 0 amide bonds. The molecule has 1 aromatic carbocycles. The Morgan fingerprint density at radius 2 is 2.11 bits per heavy atom. The monoisotopic (exact) mass is 264 g/mol. The van der Waals surface area contributed by atoms with Gasteiger partial charge in [0.1, 0.15) is 10.5 Å². The highest BCUT2D eigenvalue weighted by Gasteiger charge is 2.06. The first kappa shape index (κ1) is 11.9. The van der Waals surface area contributed by atoms with Gasteiger partial charge in [-0.05, 0) is 6.07 Å². The van der Waals surface area contributed by atoms with Crippen molar-refractivity contribution in [1.29, 1.82) is 0 Å². The summed E-state index contributed by atoms with van der Waals surface area (Å²) in [6.45, 7) is 0. The van der Waals surface area contributed by atoms with Gasteiger partial charge < -0.3 is 5.73 Å². The lowest BCUT2D eigenvalue weighted by atomic mass is 10.3. The summed E-state index contributed by atoms with van der Waals surface area (Å²) in [5, 5.41) is 23.5. The van der Waals surface area contributed by atoms with Gasteiger partial charge in [0.2, 0.25) is 0 Å². The second kappa shape index (κ2) is 4.75. The molecule has 0 aliphatic rings. The number of nitrogens with zero attached hydrogens (tertiary/aromatic N) is 3. The molecule has 2 aromatic rings. The summed E-state index contributed by atoms with van der Waals surface area (Å²) in [6.07, 6.45) is 0. The molecule has 1 aromatic heterocycles. The summed E-state index contributed by atoms with van der Waals surface area (Å²) in [4.78, 5) is 10.1. The molecule has 92 valence electrons. The van der Waals surface area contributed by atoms with Crippen molar-refractivity contribution in [2.75, 3.05) is 5.73 Å². The lowest BCUT2D eigenvalue weighted by Gasteiger charge is -1.93. The van der Waals surface area contributed by atoms with E-state index in [-0.39, 0.29) is 11.5 Å². The number of nitrogens with two attached hydrogens (primary N) is 1. The average molecular weight is 264 g/mol. The van der Waals surface area contributed by atoms with Crippen LogP contribution >= 0.6 is 12.2 Å². The van der Waals surface area contributed by atoms with Crippen molar-refractivity contribution >= 4 is 35.1 Å². The van der Waals surface area contributed by atoms with Crippen molar-refractivity contribution in [2.24, 2.45) is 10.2 Å². The number of non-ortho nitro benzene ring substituents is 1. The Bertz CT molecular complexity index is 674. The highest BCUT2D eigenvalue weighted by Crippen LogP contribution is 2.25. The van der Waals surface area contributed by atoms with E-state index in [1.54, 1.807) is 6.07 Å². The number of anilines is 1. The van der Waals surface area contributed by atoms with Gasteiger partial charge in [-0.15, -0.1) is 5.11 Å². The second-order valence-electron chi connectivity index (χ2n) is 3.32. The average Bonchev–Trinajstić information content (AvgIpc) is 2.67. The molecule has 0 unspecified atom stereocenters. The van der Waals surface area contributed by atoms with E-state index in [4.69, 9.17) is 18.0 Å². The number of azo groups is 1. The van der Waals surface area contributed by atoms with Crippen molar-refractivity contribution in [3.8, 4) is 0 Å². The number of nitrogens with one attached hydrogen (secondary N) is 2. The van der Waals surface area contributed by atoms with Crippen LogP contribution in [-0.2, 0) is 0 Å². The van der Waals surface area contributed by atoms with Gasteiger partial charge >= 0.3 is 0 Å². The van der Waals surface area contributed by atoms with Crippen molar-refractivity contribution in [2.45, 2.75) is 0 Å². The van der Waals surface area contributed by atoms with Gasteiger partial charge in [0.15, 0.2) is 5.69 Å². The number of benzene rings is 1. The number of hydrogen-bond acceptors (Lipinski definition) is 6. The van der Waals surface area contributed by atoms with Gasteiger partial charge in [-0.3, -0.25) is 20.3 Å². The minimum absolute atomic E-state index is 0.0568. The van der Waals surface area contributed by atoms with E-state index in [9.17, 15) is 10.1 Å². The normalized spacial score (nSPS) is 10.9. The molecular weight excluding hydrogens is 256 g/mol. The molecule has 0 atom stereocenters. The first-order chi connectivity index (χ1) is 8.58. The summed E-state index contributed by atoms with van der Waals surface area (Å²) in [7, 11) is 0. The van der Waals surface area contributed by atoms with Crippen molar-refractivity contribution in [1.82, 2.24) is 10.2 Å². The van der Waals surface area contributed by atoms with E-state index in [1.165, 1.54) is 18.2 Å². The summed E-state index contributed by atoms with van der Waals surface area (Å²) in [5.41, 5.74) is 6.16. The molecule has 9 heteroatoms. The molecule has 8 nitrogen and oxygen atoms in total. The van der Waals surface area contributed by atoms with Crippen LogP contribution in [-0.4, -0.2) is 15.1 Å². The summed E-state index contributed by atoms with van der Waals surface area (Å²) < 4.78 is 0.321. The number of hydrogen-bond donors (Lipinski definition) is 3. The molecule has 2 rings (SSSR count). The third-order valence-corrected chi connectivity index (χ3v) is 2.38. The number of nitro benzene ring substituents is 1. The zero-order valence-electron chi connectivity index (χ0n) is 8.95. The summed E-state index contributed by atoms with van der Waals surface area (Å²) >= 11 is 4.93. The minimum atomic E-state index is -0.504.